The highest BCUT2D eigenvalue weighted by Crippen LogP contribution is 2.33. The number of hydrogen-bond donors (Lipinski definition) is 0. The van der Waals surface area contributed by atoms with Crippen molar-refractivity contribution in [2.45, 2.75) is 13.5 Å². The van der Waals surface area contributed by atoms with E-state index in [0.717, 1.165) is 53.0 Å². The van der Waals surface area contributed by atoms with Crippen LogP contribution < -0.4 is 13.8 Å². The van der Waals surface area contributed by atoms with E-state index in [0.29, 0.717) is 18.8 Å². The van der Waals surface area contributed by atoms with Crippen molar-refractivity contribution in [3.8, 4) is 11.5 Å². The molecule has 0 N–H and O–H groups in total. The molecule has 0 bridgehead atoms. The third-order valence-electron chi connectivity index (χ3n) is 5.68. The van der Waals surface area contributed by atoms with E-state index in [4.69, 9.17) is 9.47 Å². The maximum Gasteiger partial charge on any atom is 0.243 e. The van der Waals surface area contributed by atoms with Crippen molar-refractivity contribution in [2.75, 3.05) is 50.1 Å². The lowest BCUT2D eigenvalue weighted by molar-refractivity contribution is -0.131. The molecule has 8 nitrogen and oxygen atoms in total. The van der Waals surface area contributed by atoms with Crippen LogP contribution in [0.1, 0.15) is 11.1 Å². The van der Waals surface area contributed by atoms with Crippen LogP contribution in [0.4, 0.5) is 5.69 Å². The SMILES string of the molecule is Cc1cc(N(CC(=O)N2CCN(Cc3ccc4c(c3)OCO4)CC2)S(C)(=O)=O)ccc1Br. The molecule has 2 aromatic rings. The van der Waals surface area contributed by atoms with Crippen molar-refractivity contribution in [3.05, 3.63) is 52.0 Å². The van der Waals surface area contributed by atoms with Crippen LogP contribution in [0.25, 0.3) is 0 Å². The number of carbonyl (C=O) groups excluding carboxylic acids is 1. The molecule has 1 amide bonds. The number of amides is 1. The first-order valence-corrected chi connectivity index (χ1v) is 13.0. The number of hydrogen-bond acceptors (Lipinski definition) is 6. The van der Waals surface area contributed by atoms with Crippen molar-refractivity contribution in [1.82, 2.24) is 9.80 Å². The van der Waals surface area contributed by atoms with Gasteiger partial charge in [-0.2, -0.15) is 0 Å². The minimum absolute atomic E-state index is 0.196. The molecule has 0 atom stereocenters. The number of fused-ring (bicyclic) bond motifs is 1. The average Bonchev–Trinajstić information content (AvgIpc) is 3.21. The molecule has 10 heteroatoms. The zero-order valence-electron chi connectivity index (χ0n) is 18.1. The predicted molar refractivity (Wildman–Crippen MR) is 125 cm³/mol. The van der Waals surface area contributed by atoms with Crippen LogP contribution in [0.5, 0.6) is 11.5 Å². The summed E-state index contributed by atoms with van der Waals surface area (Å²) < 4.78 is 37.7. The lowest BCUT2D eigenvalue weighted by Gasteiger charge is -2.36. The van der Waals surface area contributed by atoms with Gasteiger partial charge in [0.15, 0.2) is 11.5 Å². The lowest BCUT2D eigenvalue weighted by atomic mass is 10.1. The monoisotopic (exact) mass is 523 g/mol. The predicted octanol–water partition coefficient (Wildman–Crippen LogP) is 2.60. The first-order chi connectivity index (χ1) is 15.2. The first-order valence-electron chi connectivity index (χ1n) is 10.3. The van der Waals surface area contributed by atoms with Gasteiger partial charge in [-0.15, -0.1) is 0 Å². The summed E-state index contributed by atoms with van der Waals surface area (Å²) in [4.78, 5) is 16.9. The smallest absolute Gasteiger partial charge is 0.243 e. The molecule has 1 saturated heterocycles. The Hall–Kier alpha value is -2.30. The summed E-state index contributed by atoms with van der Waals surface area (Å²) in [6, 6.07) is 11.2. The quantitative estimate of drug-likeness (QED) is 0.578. The second-order valence-corrected chi connectivity index (χ2v) is 10.8. The third kappa shape index (κ3) is 5.19. The second kappa shape index (κ2) is 9.29. The van der Waals surface area contributed by atoms with Crippen molar-refractivity contribution < 1.29 is 22.7 Å². The van der Waals surface area contributed by atoms with Gasteiger partial charge in [0.1, 0.15) is 6.54 Å². The summed E-state index contributed by atoms with van der Waals surface area (Å²) >= 11 is 3.43. The van der Waals surface area contributed by atoms with Crippen LogP contribution >= 0.6 is 15.9 Å². The Balaban J connectivity index is 1.36. The summed E-state index contributed by atoms with van der Waals surface area (Å²) in [7, 11) is -3.60. The molecule has 2 aliphatic heterocycles. The molecule has 1 fully saturated rings. The van der Waals surface area contributed by atoms with Crippen LogP contribution in [0, 0.1) is 6.92 Å². The maximum atomic E-state index is 12.9. The Morgan fingerprint density at radius 3 is 2.47 bits per heavy atom. The van der Waals surface area contributed by atoms with E-state index in [-0.39, 0.29) is 19.2 Å². The normalized spacial score (nSPS) is 16.3. The van der Waals surface area contributed by atoms with E-state index in [1.54, 1.807) is 23.1 Å². The Morgan fingerprint density at radius 1 is 1.06 bits per heavy atom. The summed E-state index contributed by atoms with van der Waals surface area (Å²) in [5.41, 5.74) is 2.52. The van der Waals surface area contributed by atoms with Gasteiger partial charge in [0, 0.05) is 37.2 Å². The van der Waals surface area contributed by atoms with E-state index in [1.807, 2.05) is 25.1 Å². The number of halogens is 1. The maximum absolute atomic E-state index is 12.9. The summed E-state index contributed by atoms with van der Waals surface area (Å²) in [5, 5.41) is 0. The average molecular weight is 524 g/mol. The highest BCUT2D eigenvalue weighted by atomic mass is 79.9. The number of sulfonamides is 1. The van der Waals surface area contributed by atoms with E-state index in [2.05, 4.69) is 20.8 Å². The van der Waals surface area contributed by atoms with Crippen LogP contribution in [-0.2, 0) is 21.4 Å². The van der Waals surface area contributed by atoms with Gasteiger partial charge in [0.05, 0.1) is 11.9 Å². The molecule has 2 aliphatic rings. The Morgan fingerprint density at radius 2 is 1.78 bits per heavy atom. The van der Waals surface area contributed by atoms with Crippen LogP contribution in [-0.4, -0.2) is 69.9 Å². The highest BCUT2D eigenvalue weighted by Gasteiger charge is 2.27. The fourth-order valence-corrected chi connectivity index (χ4v) is 4.95. The number of nitrogens with zero attached hydrogens (tertiary/aromatic N) is 3. The number of rotatable bonds is 6. The number of carbonyl (C=O) groups is 1. The summed E-state index contributed by atoms with van der Waals surface area (Å²) in [5.74, 6) is 1.33. The molecule has 172 valence electrons. The molecule has 0 aromatic heterocycles. The van der Waals surface area contributed by atoms with Gasteiger partial charge in [0.25, 0.3) is 0 Å². The second-order valence-electron chi connectivity index (χ2n) is 8.05. The topological polar surface area (TPSA) is 79.4 Å². The lowest BCUT2D eigenvalue weighted by Crippen LogP contribution is -2.51. The molecule has 32 heavy (non-hydrogen) atoms. The molecule has 2 aromatic carbocycles. The van der Waals surface area contributed by atoms with Gasteiger partial charge in [-0.25, -0.2) is 8.42 Å². The van der Waals surface area contributed by atoms with Crippen molar-refractivity contribution >= 4 is 37.5 Å². The van der Waals surface area contributed by atoms with Crippen LogP contribution in [0.15, 0.2) is 40.9 Å². The minimum atomic E-state index is -3.60. The number of anilines is 1. The Bertz CT molecular complexity index is 1120. The number of benzene rings is 2. The summed E-state index contributed by atoms with van der Waals surface area (Å²) in [6.45, 7) is 5.24. The highest BCUT2D eigenvalue weighted by molar-refractivity contribution is 9.10. The first kappa shape index (κ1) is 22.9. The third-order valence-corrected chi connectivity index (χ3v) is 7.71. The van der Waals surface area contributed by atoms with Crippen molar-refractivity contribution in [3.63, 3.8) is 0 Å². The number of aryl methyl sites for hydroxylation is 1. The largest absolute Gasteiger partial charge is 0.454 e. The standard InChI is InChI=1S/C22H26BrN3O5S/c1-16-11-18(4-5-19(16)23)26(32(2,28)29)14-22(27)25-9-7-24(8-10-25)13-17-3-6-20-21(12-17)31-15-30-20/h3-6,11-12H,7-10,13-15H2,1-2H3. The summed E-state index contributed by atoms with van der Waals surface area (Å²) in [6.07, 6.45) is 1.13. The van der Waals surface area contributed by atoms with Gasteiger partial charge in [0.2, 0.25) is 22.7 Å². The van der Waals surface area contributed by atoms with E-state index in [1.165, 1.54) is 4.31 Å². The number of piperazine rings is 1. The van der Waals surface area contributed by atoms with Gasteiger partial charge < -0.3 is 14.4 Å². The molecule has 0 unspecified atom stereocenters. The van der Waals surface area contributed by atoms with Gasteiger partial charge in [-0.1, -0.05) is 22.0 Å². The van der Waals surface area contributed by atoms with Crippen molar-refractivity contribution in [1.29, 1.82) is 0 Å². The number of ether oxygens (including phenoxy) is 2. The molecule has 2 heterocycles. The fourth-order valence-electron chi connectivity index (χ4n) is 3.86. The van der Waals surface area contributed by atoms with Gasteiger partial charge >= 0.3 is 0 Å². The van der Waals surface area contributed by atoms with Crippen LogP contribution in [0.2, 0.25) is 0 Å². The molecule has 0 radical (unpaired) electrons. The van der Waals surface area contributed by atoms with E-state index in [9.17, 15) is 13.2 Å². The molecular formula is C22H26BrN3O5S. The molecular weight excluding hydrogens is 498 g/mol. The minimum Gasteiger partial charge on any atom is -0.454 e. The Kier molecular flexibility index (Phi) is 6.64. The molecule has 0 saturated carbocycles. The van der Waals surface area contributed by atoms with Crippen molar-refractivity contribution in [2.24, 2.45) is 0 Å². The zero-order chi connectivity index (χ0) is 22.9. The van der Waals surface area contributed by atoms with E-state index < -0.39 is 10.0 Å². The molecule has 4 rings (SSSR count). The zero-order valence-corrected chi connectivity index (χ0v) is 20.5. The van der Waals surface area contributed by atoms with Crippen LogP contribution in [0.3, 0.4) is 0 Å². The Labute approximate surface area is 196 Å². The van der Waals surface area contributed by atoms with Gasteiger partial charge in [-0.05, 0) is 48.4 Å². The fraction of sp³-hybridized carbons (Fsp3) is 0.409. The van der Waals surface area contributed by atoms with E-state index >= 15 is 0 Å². The van der Waals surface area contributed by atoms with Gasteiger partial charge in [-0.3, -0.25) is 14.0 Å². The molecule has 0 spiro atoms. The molecule has 0 aliphatic carbocycles.